The Kier molecular flexibility index (Phi) is 4.36. The minimum absolute atomic E-state index is 0.0453. The summed E-state index contributed by atoms with van der Waals surface area (Å²) in [7, 11) is 0. The molecule has 144 valence electrons. The van der Waals surface area contributed by atoms with Crippen molar-refractivity contribution in [2.24, 2.45) is 5.92 Å². The molecule has 0 radical (unpaired) electrons. The van der Waals surface area contributed by atoms with E-state index in [0.717, 1.165) is 12.8 Å². The Balaban J connectivity index is 1.28. The SMILES string of the molecule is O=C(CC1CC2CCC(C1)N2)Nc1ccc2nc(-c3ccc(F)cc3)oc2c1. The molecule has 5 rings (SSSR count). The van der Waals surface area contributed by atoms with Gasteiger partial charge in [0.05, 0.1) is 0 Å². The summed E-state index contributed by atoms with van der Waals surface area (Å²) in [6.45, 7) is 0. The molecule has 6 heteroatoms. The van der Waals surface area contributed by atoms with E-state index in [1.54, 1.807) is 18.2 Å². The molecule has 0 spiro atoms. The van der Waals surface area contributed by atoms with Crippen LogP contribution in [-0.4, -0.2) is 23.0 Å². The second-order valence-electron chi connectivity index (χ2n) is 7.94. The van der Waals surface area contributed by atoms with Crippen LogP contribution in [0.5, 0.6) is 0 Å². The molecule has 2 unspecified atom stereocenters. The van der Waals surface area contributed by atoms with Gasteiger partial charge in [-0.1, -0.05) is 0 Å². The maximum absolute atomic E-state index is 13.1. The van der Waals surface area contributed by atoms with Gasteiger partial charge in [0.1, 0.15) is 11.3 Å². The lowest BCUT2D eigenvalue weighted by atomic mass is 9.89. The Morgan fingerprint density at radius 2 is 1.89 bits per heavy atom. The van der Waals surface area contributed by atoms with Gasteiger partial charge in [-0.25, -0.2) is 9.37 Å². The van der Waals surface area contributed by atoms with Crippen molar-refractivity contribution >= 4 is 22.7 Å². The van der Waals surface area contributed by atoms with Crippen molar-refractivity contribution in [1.82, 2.24) is 10.3 Å². The molecule has 2 aliphatic heterocycles. The van der Waals surface area contributed by atoms with E-state index in [0.29, 0.717) is 52.7 Å². The monoisotopic (exact) mass is 379 g/mol. The summed E-state index contributed by atoms with van der Waals surface area (Å²) < 4.78 is 18.9. The number of benzene rings is 2. The van der Waals surface area contributed by atoms with Gasteiger partial charge in [0.2, 0.25) is 11.8 Å². The highest BCUT2D eigenvalue weighted by molar-refractivity contribution is 5.93. The van der Waals surface area contributed by atoms with Crippen molar-refractivity contribution in [3.05, 3.63) is 48.3 Å². The highest BCUT2D eigenvalue weighted by atomic mass is 19.1. The second-order valence-corrected chi connectivity index (χ2v) is 7.94. The zero-order valence-corrected chi connectivity index (χ0v) is 15.5. The Labute approximate surface area is 162 Å². The fourth-order valence-electron chi connectivity index (χ4n) is 4.53. The van der Waals surface area contributed by atoms with Crippen LogP contribution in [-0.2, 0) is 4.79 Å². The Bertz CT molecular complexity index is 1000. The fourth-order valence-corrected chi connectivity index (χ4v) is 4.53. The quantitative estimate of drug-likeness (QED) is 0.701. The van der Waals surface area contributed by atoms with E-state index < -0.39 is 0 Å². The number of aromatic nitrogens is 1. The first-order valence-electron chi connectivity index (χ1n) is 9.85. The van der Waals surface area contributed by atoms with E-state index >= 15 is 0 Å². The maximum Gasteiger partial charge on any atom is 0.227 e. The zero-order valence-electron chi connectivity index (χ0n) is 15.5. The lowest BCUT2D eigenvalue weighted by Gasteiger charge is -2.28. The average molecular weight is 379 g/mol. The Hall–Kier alpha value is -2.73. The van der Waals surface area contributed by atoms with E-state index in [1.807, 2.05) is 12.1 Å². The number of fused-ring (bicyclic) bond motifs is 3. The van der Waals surface area contributed by atoms with E-state index in [1.165, 1.54) is 25.0 Å². The first-order valence-corrected chi connectivity index (χ1v) is 9.85. The number of hydrogen-bond donors (Lipinski definition) is 2. The highest BCUT2D eigenvalue weighted by Gasteiger charge is 2.34. The number of nitrogens with one attached hydrogen (secondary N) is 2. The van der Waals surface area contributed by atoms with Crippen LogP contribution in [0.25, 0.3) is 22.6 Å². The first kappa shape index (κ1) is 17.4. The fraction of sp³-hybridized carbons (Fsp3) is 0.364. The smallest absolute Gasteiger partial charge is 0.227 e. The molecule has 2 bridgehead atoms. The van der Waals surface area contributed by atoms with E-state index in [4.69, 9.17) is 4.42 Å². The van der Waals surface area contributed by atoms with Crippen molar-refractivity contribution in [3.63, 3.8) is 0 Å². The number of oxazole rings is 1. The van der Waals surface area contributed by atoms with Gasteiger partial charge >= 0.3 is 0 Å². The van der Waals surface area contributed by atoms with Gasteiger partial charge in [-0.15, -0.1) is 0 Å². The predicted octanol–water partition coefficient (Wildman–Crippen LogP) is 4.49. The summed E-state index contributed by atoms with van der Waals surface area (Å²) in [5.74, 6) is 0.636. The van der Waals surface area contributed by atoms with Crippen molar-refractivity contribution < 1.29 is 13.6 Å². The summed E-state index contributed by atoms with van der Waals surface area (Å²) in [4.78, 5) is 16.9. The molecule has 5 nitrogen and oxygen atoms in total. The first-order chi connectivity index (χ1) is 13.6. The summed E-state index contributed by atoms with van der Waals surface area (Å²) >= 11 is 0. The van der Waals surface area contributed by atoms with Crippen LogP contribution in [0.4, 0.5) is 10.1 Å². The third kappa shape index (κ3) is 3.52. The molecule has 2 atom stereocenters. The lowest BCUT2D eigenvalue weighted by molar-refractivity contribution is -0.117. The molecular formula is C22H22FN3O2. The number of carbonyl (C=O) groups excluding carboxylic acids is 1. The molecule has 0 saturated carbocycles. The predicted molar refractivity (Wildman–Crippen MR) is 105 cm³/mol. The number of carbonyl (C=O) groups is 1. The summed E-state index contributed by atoms with van der Waals surface area (Å²) in [6, 6.07) is 12.7. The molecule has 2 aromatic carbocycles. The van der Waals surface area contributed by atoms with Gasteiger partial charge in [-0.3, -0.25) is 4.79 Å². The van der Waals surface area contributed by atoms with Gasteiger partial charge in [0.15, 0.2) is 5.58 Å². The van der Waals surface area contributed by atoms with E-state index in [2.05, 4.69) is 15.6 Å². The third-order valence-corrected chi connectivity index (χ3v) is 5.81. The van der Waals surface area contributed by atoms with Crippen molar-refractivity contribution in [2.45, 2.75) is 44.2 Å². The molecule has 1 amide bonds. The molecule has 2 saturated heterocycles. The zero-order chi connectivity index (χ0) is 19.1. The van der Waals surface area contributed by atoms with Gasteiger partial charge in [-0.2, -0.15) is 0 Å². The van der Waals surface area contributed by atoms with Gasteiger partial charge in [0.25, 0.3) is 0 Å². The average Bonchev–Trinajstić information content (AvgIpc) is 3.24. The van der Waals surface area contributed by atoms with Crippen LogP contribution in [0.3, 0.4) is 0 Å². The van der Waals surface area contributed by atoms with Gasteiger partial charge < -0.3 is 15.1 Å². The van der Waals surface area contributed by atoms with Crippen LogP contribution in [0, 0.1) is 11.7 Å². The second kappa shape index (κ2) is 7.02. The number of amides is 1. The molecule has 1 aromatic heterocycles. The largest absolute Gasteiger partial charge is 0.436 e. The summed E-state index contributed by atoms with van der Waals surface area (Å²) in [5.41, 5.74) is 2.71. The molecule has 28 heavy (non-hydrogen) atoms. The van der Waals surface area contributed by atoms with Crippen molar-refractivity contribution in [2.75, 3.05) is 5.32 Å². The Morgan fingerprint density at radius 1 is 1.14 bits per heavy atom. The van der Waals surface area contributed by atoms with Crippen LogP contribution in [0.2, 0.25) is 0 Å². The number of piperidine rings is 1. The number of hydrogen-bond acceptors (Lipinski definition) is 4. The number of halogens is 1. The van der Waals surface area contributed by atoms with Gasteiger partial charge in [0, 0.05) is 35.8 Å². The number of anilines is 1. The third-order valence-electron chi connectivity index (χ3n) is 5.81. The standard InChI is InChI=1S/C22H22FN3O2/c23-15-3-1-14(2-4-15)22-26-19-8-7-18(12-20(19)28-22)25-21(27)11-13-9-16-5-6-17(10-13)24-16/h1-4,7-8,12-13,16-17,24H,5-6,9-11H2,(H,25,27). The van der Waals surface area contributed by atoms with Crippen LogP contribution in [0.15, 0.2) is 46.9 Å². The number of nitrogens with zero attached hydrogens (tertiary/aromatic N) is 1. The molecule has 3 heterocycles. The van der Waals surface area contributed by atoms with E-state index in [9.17, 15) is 9.18 Å². The molecule has 2 N–H and O–H groups in total. The summed E-state index contributed by atoms with van der Waals surface area (Å²) in [6.07, 6.45) is 5.21. The van der Waals surface area contributed by atoms with Crippen molar-refractivity contribution in [1.29, 1.82) is 0 Å². The Morgan fingerprint density at radius 3 is 2.64 bits per heavy atom. The van der Waals surface area contributed by atoms with Crippen molar-refractivity contribution in [3.8, 4) is 11.5 Å². The molecular weight excluding hydrogens is 357 g/mol. The van der Waals surface area contributed by atoms with Crippen LogP contribution < -0.4 is 10.6 Å². The normalized spacial score (nSPS) is 23.8. The van der Waals surface area contributed by atoms with Crippen LogP contribution >= 0.6 is 0 Å². The molecule has 2 aliphatic rings. The highest BCUT2D eigenvalue weighted by Crippen LogP contribution is 2.33. The summed E-state index contributed by atoms with van der Waals surface area (Å²) in [5, 5.41) is 6.60. The van der Waals surface area contributed by atoms with Gasteiger partial charge in [-0.05, 0) is 68.0 Å². The number of rotatable bonds is 4. The van der Waals surface area contributed by atoms with E-state index in [-0.39, 0.29) is 11.7 Å². The topological polar surface area (TPSA) is 67.2 Å². The maximum atomic E-state index is 13.1. The lowest BCUT2D eigenvalue weighted by Crippen LogP contribution is -2.39. The molecule has 0 aliphatic carbocycles. The minimum atomic E-state index is -0.299. The molecule has 3 aromatic rings. The molecule has 2 fully saturated rings. The minimum Gasteiger partial charge on any atom is -0.436 e. The van der Waals surface area contributed by atoms with Crippen LogP contribution in [0.1, 0.15) is 32.1 Å².